The number of carbonyl (C=O) groups excluding carboxylic acids is 2. The molecule has 33 heavy (non-hydrogen) atoms. The molecule has 1 amide bonds. The number of amides is 1. The van der Waals surface area contributed by atoms with Gasteiger partial charge < -0.3 is 9.64 Å². The fourth-order valence-electron chi connectivity index (χ4n) is 5.15. The van der Waals surface area contributed by atoms with Gasteiger partial charge in [-0.15, -0.1) is 5.10 Å². The van der Waals surface area contributed by atoms with Crippen LogP contribution >= 0.6 is 0 Å². The second-order valence-electron chi connectivity index (χ2n) is 9.23. The summed E-state index contributed by atoms with van der Waals surface area (Å²) < 4.78 is 6.59. The van der Waals surface area contributed by atoms with E-state index in [4.69, 9.17) is 4.74 Å². The molecule has 0 radical (unpaired) electrons. The van der Waals surface area contributed by atoms with Crippen LogP contribution in [0.5, 0.6) is 0 Å². The molecule has 1 spiro atoms. The van der Waals surface area contributed by atoms with Gasteiger partial charge in [-0.1, -0.05) is 11.6 Å². The third-order valence-electron chi connectivity index (χ3n) is 7.21. The quantitative estimate of drug-likeness (QED) is 0.353. The van der Waals surface area contributed by atoms with E-state index in [1.165, 1.54) is 16.6 Å². The van der Waals surface area contributed by atoms with Gasteiger partial charge in [0.25, 0.3) is 0 Å². The monoisotopic (exact) mass is 453 g/mol. The molecule has 0 aromatic carbocycles. The first kappa shape index (κ1) is 23.0. The largest absolute Gasteiger partial charge is 0.456 e. The van der Waals surface area contributed by atoms with Crippen LogP contribution in [0.25, 0.3) is 5.82 Å². The Morgan fingerprint density at radius 2 is 2.09 bits per heavy atom. The molecule has 4 rings (SSSR count). The number of nitrogens with zero attached hydrogens (tertiary/aromatic N) is 7. The van der Waals surface area contributed by atoms with Gasteiger partial charge in [0.1, 0.15) is 12.9 Å². The number of allylic oxidation sites excluding steroid dienone is 2. The lowest BCUT2D eigenvalue weighted by Gasteiger charge is -2.39. The van der Waals surface area contributed by atoms with E-state index in [9.17, 15) is 9.59 Å². The number of tetrazole rings is 1. The van der Waals surface area contributed by atoms with Crippen molar-refractivity contribution >= 4 is 24.4 Å². The molecule has 176 valence electrons. The summed E-state index contributed by atoms with van der Waals surface area (Å²) in [5.41, 5.74) is 2.22. The van der Waals surface area contributed by atoms with Crippen molar-refractivity contribution in [2.45, 2.75) is 52.0 Å². The molecule has 0 unspecified atom stereocenters. The zero-order chi connectivity index (χ0) is 23.6. The number of likely N-dealkylation sites (tertiary alicyclic amines) is 1. The lowest BCUT2D eigenvalue weighted by Crippen LogP contribution is -2.43. The van der Waals surface area contributed by atoms with Crippen molar-refractivity contribution in [3.63, 3.8) is 0 Å². The number of rotatable bonds is 7. The van der Waals surface area contributed by atoms with Crippen LogP contribution in [0.4, 0.5) is 0 Å². The van der Waals surface area contributed by atoms with Crippen LogP contribution in [0, 0.1) is 5.41 Å². The third kappa shape index (κ3) is 4.52. The number of carbonyl (C=O) groups is 2. The number of hydrogen-bond donors (Lipinski definition) is 0. The average Bonchev–Trinajstić information content (AvgIpc) is 3.52. The van der Waals surface area contributed by atoms with Gasteiger partial charge >= 0.3 is 5.97 Å². The molecule has 2 aliphatic heterocycles. The summed E-state index contributed by atoms with van der Waals surface area (Å²) in [4.78, 5) is 33.2. The minimum Gasteiger partial charge on any atom is -0.456 e. The van der Waals surface area contributed by atoms with Gasteiger partial charge in [0, 0.05) is 19.1 Å². The molecule has 1 aromatic heterocycles. The molecule has 1 saturated carbocycles. The number of likely N-dealkylation sites (N-methyl/N-ethyl adjacent to an activating group) is 1. The number of hydrogen-bond acceptors (Lipinski definition) is 8. The Kier molecular flexibility index (Phi) is 6.55. The second kappa shape index (κ2) is 9.38. The molecule has 3 aliphatic rings. The number of esters is 1. The van der Waals surface area contributed by atoms with Gasteiger partial charge in [-0.25, -0.2) is 9.79 Å². The lowest BCUT2D eigenvalue weighted by atomic mass is 9.71. The van der Waals surface area contributed by atoms with Crippen molar-refractivity contribution in [1.82, 2.24) is 30.0 Å². The first-order valence-corrected chi connectivity index (χ1v) is 11.3. The third-order valence-corrected chi connectivity index (χ3v) is 7.21. The van der Waals surface area contributed by atoms with Crippen LogP contribution < -0.4 is 0 Å². The van der Waals surface area contributed by atoms with Crippen molar-refractivity contribution in [1.29, 1.82) is 0 Å². The zero-order valence-corrected chi connectivity index (χ0v) is 19.5. The van der Waals surface area contributed by atoms with E-state index in [2.05, 4.69) is 46.1 Å². The Morgan fingerprint density at radius 1 is 1.33 bits per heavy atom. The van der Waals surface area contributed by atoms with Crippen molar-refractivity contribution in [2.75, 3.05) is 26.7 Å². The maximum absolute atomic E-state index is 13.3. The first-order chi connectivity index (χ1) is 15.8. The summed E-state index contributed by atoms with van der Waals surface area (Å²) in [5.74, 6) is 0.423. The molecular weight excluding hydrogens is 422 g/mol. The molecule has 10 nitrogen and oxygen atoms in total. The number of ether oxygens (including phenoxy) is 1. The highest BCUT2D eigenvalue weighted by Crippen LogP contribution is 2.47. The Balaban J connectivity index is 1.34. The Labute approximate surface area is 193 Å². The van der Waals surface area contributed by atoms with Crippen LogP contribution in [-0.2, 0) is 14.3 Å². The number of cyclic esters (lactones) is 1. The summed E-state index contributed by atoms with van der Waals surface area (Å²) in [6.45, 7) is 9.12. The molecule has 1 aliphatic carbocycles. The summed E-state index contributed by atoms with van der Waals surface area (Å²) in [5, 5.41) is 11.1. The summed E-state index contributed by atoms with van der Waals surface area (Å²) in [6.07, 6.45) is 9.91. The van der Waals surface area contributed by atoms with E-state index < -0.39 is 0 Å². The van der Waals surface area contributed by atoms with Crippen LogP contribution in [0.15, 0.2) is 40.3 Å². The summed E-state index contributed by atoms with van der Waals surface area (Å²) in [6, 6.07) is 0.429. The summed E-state index contributed by atoms with van der Waals surface area (Å²) in [7, 11) is 2.14. The Bertz CT molecular complexity index is 1020. The van der Waals surface area contributed by atoms with Gasteiger partial charge in [0.15, 0.2) is 5.82 Å². The second-order valence-corrected chi connectivity index (χ2v) is 9.23. The molecule has 3 heterocycles. The maximum Gasteiger partial charge on any atom is 0.336 e. The molecule has 10 heteroatoms. The molecule has 0 bridgehead atoms. The van der Waals surface area contributed by atoms with E-state index in [0.29, 0.717) is 24.0 Å². The highest BCUT2D eigenvalue weighted by Gasteiger charge is 2.50. The molecule has 2 fully saturated rings. The van der Waals surface area contributed by atoms with Crippen LogP contribution in [-0.4, -0.2) is 81.4 Å². The fourth-order valence-corrected chi connectivity index (χ4v) is 5.15. The molecule has 0 atom stereocenters. The van der Waals surface area contributed by atoms with Crippen LogP contribution in [0.3, 0.4) is 0 Å². The number of aliphatic imine (C=N–C) groups is 1. The highest BCUT2D eigenvalue weighted by atomic mass is 16.5. The fraction of sp³-hybridized carbons (Fsp3) is 0.565. The maximum atomic E-state index is 13.3. The molecular formula is C23H31N7O3. The van der Waals surface area contributed by atoms with Gasteiger partial charge in [-0.3, -0.25) is 9.69 Å². The minimum atomic E-state index is -0.309. The van der Waals surface area contributed by atoms with Gasteiger partial charge in [0.2, 0.25) is 5.91 Å². The van der Waals surface area contributed by atoms with E-state index in [1.54, 1.807) is 11.8 Å². The zero-order valence-electron chi connectivity index (χ0n) is 19.5. The topological polar surface area (TPSA) is 106 Å². The van der Waals surface area contributed by atoms with Gasteiger partial charge in [-0.2, -0.15) is 4.68 Å². The van der Waals surface area contributed by atoms with Crippen molar-refractivity contribution in [3.8, 4) is 0 Å². The molecule has 0 N–H and O–H groups in total. The van der Waals surface area contributed by atoms with Gasteiger partial charge in [0.05, 0.1) is 16.7 Å². The van der Waals surface area contributed by atoms with Crippen LogP contribution in [0.1, 0.15) is 46.0 Å². The average molecular weight is 454 g/mol. The highest BCUT2D eigenvalue weighted by molar-refractivity contribution is 5.94. The first-order valence-electron chi connectivity index (χ1n) is 11.3. The normalized spacial score (nSPS) is 26.7. The standard InChI is InChI=1S/C23H31N7O3/c1-16(5-6-20(24-3)30-15-25-26-27-30)13-28(4)18-7-9-23(10-8-18)11-12-29(22(23)32)19-14-33-21(31)17(19)2/h5-6,15,18H,3,7-14H2,1-2,4H3/b16-5+,20-6+/t18-,23+. The smallest absolute Gasteiger partial charge is 0.336 e. The van der Waals surface area contributed by atoms with E-state index in [-0.39, 0.29) is 23.9 Å². The van der Waals surface area contributed by atoms with E-state index >= 15 is 0 Å². The van der Waals surface area contributed by atoms with Gasteiger partial charge in [-0.05, 0) is 76.2 Å². The van der Waals surface area contributed by atoms with Crippen molar-refractivity contribution in [2.24, 2.45) is 10.4 Å². The SMILES string of the molecule is C=N/C(=C\C=C(/C)CN(C)[C@H]1CC[C@]2(CCN(C3=C(C)C(=O)OC3)C2=O)CC1)n1cnnn1. The van der Waals surface area contributed by atoms with E-state index in [0.717, 1.165) is 44.3 Å². The van der Waals surface area contributed by atoms with Crippen molar-refractivity contribution in [3.05, 3.63) is 35.3 Å². The Morgan fingerprint density at radius 3 is 2.70 bits per heavy atom. The molecule has 1 aromatic rings. The Hall–Kier alpha value is -3.14. The number of aromatic nitrogens is 4. The predicted octanol–water partition coefficient (Wildman–Crippen LogP) is 2.04. The summed E-state index contributed by atoms with van der Waals surface area (Å²) >= 11 is 0. The van der Waals surface area contributed by atoms with Crippen molar-refractivity contribution < 1.29 is 14.3 Å². The van der Waals surface area contributed by atoms with Crippen LogP contribution in [0.2, 0.25) is 0 Å². The predicted molar refractivity (Wildman–Crippen MR) is 123 cm³/mol. The minimum absolute atomic E-state index is 0.171. The lowest BCUT2D eigenvalue weighted by molar-refractivity contribution is -0.138. The molecule has 1 saturated heterocycles. The van der Waals surface area contributed by atoms with E-state index in [1.807, 2.05) is 12.2 Å².